The van der Waals surface area contributed by atoms with Crippen molar-refractivity contribution in [3.05, 3.63) is 0 Å². The molecule has 2 aliphatic heterocycles. The summed E-state index contributed by atoms with van der Waals surface area (Å²) >= 11 is 0. The average molecular weight is 240 g/mol. The van der Waals surface area contributed by atoms with Gasteiger partial charge in [0.2, 0.25) is 0 Å². The first-order chi connectivity index (χ1) is 7.76. The van der Waals surface area contributed by atoms with Gasteiger partial charge in [-0.15, -0.1) is 0 Å². The summed E-state index contributed by atoms with van der Waals surface area (Å²) in [5.41, 5.74) is 0.309. The quantitative estimate of drug-likeness (QED) is 0.738. The molecular weight excluding hydrogens is 212 g/mol. The molecule has 3 heteroatoms. The van der Waals surface area contributed by atoms with Gasteiger partial charge in [0.1, 0.15) is 0 Å². The summed E-state index contributed by atoms with van der Waals surface area (Å²) in [7, 11) is 0. The Morgan fingerprint density at radius 2 is 1.18 bits per heavy atom. The SMILES string of the molecule is CC1CCN(ON2CCC(C)C2(C)C)C1(C)C. The summed E-state index contributed by atoms with van der Waals surface area (Å²) in [4.78, 5) is 6.21. The Labute approximate surface area is 106 Å². The highest BCUT2D eigenvalue weighted by molar-refractivity contribution is 4.92. The van der Waals surface area contributed by atoms with Crippen LogP contribution in [-0.2, 0) is 4.94 Å². The van der Waals surface area contributed by atoms with E-state index in [9.17, 15) is 0 Å². The molecule has 3 nitrogen and oxygen atoms in total. The fourth-order valence-electron chi connectivity index (χ4n) is 2.81. The minimum atomic E-state index is 0.155. The van der Waals surface area contributed by atoms with Crippen LogP contribution in [0.3, 0.4) is 0 Å². The Hall–Kier alpha value is -0.120. The lowest BCUT2D eigenvalue weighted by Gasteiger charge is -2.40. The second kappa shape index (κ2) is 4.22. The summed E-state index contributed by atoms with van der Waals surface area (Å²) in [6.45, 7) is 15.9. The van der Waals surface area contributed by atoms with Crippen LogP contribution in [0.25, 0.3) is 0 Å². The van der Waals surface area contributed by atoms with E-state index in [1.807, 2.05) is 0 Å². The highest BCUT2D eigenvalue weighted by Gasteiger charge is 2.45. The van der Waals surface area contributed by atoms with Gasteiger partial charge in [0.05, 0.1) is 0 Å². The minimum absolute atomic E-state index is 0.155. The van der Waals surface area contributed by atoms with E-state index >= 15 is 0 Å². The predicted octanol–water partition coefficient (Wildman–Crippen LogP) is 3.07. The van der Waals surface area contributed by atoms with Crippen LogP contribution in [-0.4, -0.2) is 34.3 Å². The second-order valence-corrected chi connectivity index (χ2v) is 6.97. The molecule has 2 aliphatic rings. The third-order valence-corrected chi connectivity index (χ3v) is 5.43. The number of nitrogens with zero attached hydrogens (tertiary/aromatic N) is 2. The third-order valence-electron chi connectivity index (χ3n) is 5.43. The first-order valence-corrected chi connectivity index (χ1v) is 6.99. The molecule has 0 aromatic heterocycles. The van der Waals surface area contributed by atoms with E-state index in [2.05, 4.69) is 51.7 Å². The summed E-state index contributed by atoms with van der Waals surface area (Å²) in [6, 6.07) is 0. The Kier molecular flexibility index (Phi) is 3.30. The molecule has 100 valence electrons. The third kappa shape index (κ3) is 2.13. The maximum absolute atomic E-state index is 6.21. The topological polar surface area (TPSA) is 15.7 Å². The largest absolute Gasteiger partial charge is 0.207 e. The monoisotopic (exact) mass is 240 g/mol. The van der Waals surface area contributed by atoms with Crippen molar-refractivity contribution in [2.45, 2.75) is 65.5 Å². The van der Waals surface area contributed by atoms with Gasteiger partial charge in [0, 0.05) is 24.2 Å². The van der Waals surface area contributed by atoms with Crippen LogP contribution in [0.2, 0.25) is 0 Å². The normalized spacial score (nSPS) is 37.8. The van der Waals surface area contributed by atoms with Gasteiger partial charge in [-0.05, 0) is 52.4 Å². The maximum atomic E-state index is 6.21. The van der Waals surface area contributed by atoms with Gasteiger partial charge in [0.15, 0.2) is 0 Å². The molecule has 0 aromatic carbocycles. The first kappa shape index (κ1) is 13.3. The molecule has 0 N–H and O–H groups in total. The minimum Gasteiger partial charge on any atom is -0.207 e. The van der Waals surface area contributed by atoms with Crippen molar-refractivity contribution in [3.63, 3.8) is 0 Å². The molecule has 0 saturated carbocycles. The van der Waals surface area contributed by atoms with Crippen LogP contribution in [0.15, 0.2) is 0 Å². The molecule has 0 aromatic rings. The van der Waals surface area contributed by atoms with E-state index in [-0.39, 0.29) is 11.1 Å². The van der Waals surface area contributed by atoms with Gasteiger partial charge in [0.25, 0.3) is 0 Å². The zero-order chi connectivity index (χ0) is 12.8. The summed E-state index contributed by atoms with van der Waals surface area (Å²) in [5.74, 6) is 1.40. The van der Waals surface area contributed by atoms with Crippen LogP contribution in [0.1, 0.15) is 54.4 Å². The zero-order valence-electron chi connectivity index (χ0n) is 12.3. The van der Waals surface area contributed by atoms with Crippen molar-refractivity contribution in [1.29, 1.82) is 0 Å². The van der Waals surface area contributed by atoms with E-state index in [0.29, 0.717) is 11.8 Å². The fourth-order valence-corrected chi connectivity index (χ4v) is 2.81. The van der Waals surface area contributed by atoms with Gasteiger partial charge in [-0.1, -0.05) is 13.8 Å². The van der Waals surface area contributed by atoms with E-state index in [0.717, 1.165) is 13.1 Å². The molecule has 2 heterocycles. The van der Waals surface area contributed by atoms with Gasteiger partial charge in [-0.3, -0.25) is 0 Å². The van der Waals surface area contributed by atoms with E-state index in [1.54, 1.807) is 0 Å². The molecule has 17 heavy (non-hydrogen) atoms. The molecule has 2 fully saturated rings. The Bertz CT molecular complexity index is 260. The van der Waals surface area contributed by atoms with Crippen molar-refractivity contribution >= 4 is 0 Å². The zero-order valence-corrected chi connectivity index (χ0v) is 12.3. The molecule has 2 atom stereocenters. The average Bonchev–Trinajstić information content (AvgIpc) is 2.62. The van der Waals surface area contributed by atoms with Crippen LogP contribution in [0.4, 0.5) is 0 Å². The molecule has 0 bridgehead atoms. The van der Waals surface area contributed by atoms with Crippen molar-refractivity contribution in [2.75, 3.05) is 13.1 Å². The lowest BCUT2D eigenvalue weighted by Crippen LogP contribution is -2.50. The molecule has 2 saturated heterocycles. The lowest BCUT2D eigenvalue weighted by molar-refractivity contribution is -0.366. The maximum Gasteiger partial charge on any atom is 0.0451 e. The Balaban J connectivity index is 2.03. The van der Waals surface area contributed by atoms with Gasteiger partial charge >= 0.3 is 0 Å². The van der Waals surface area contributed by atoms with Crippen molar-refractivity contribution in [2.24, 2.45) is 11.8 Å². The van der Waals surface area contributed by atoms with E-state index < -0.39 is 0 Å². The van der Waals surface area contributed by atoms with Crippen LogP contribution >= 0.6 is 0 Å². The van der Waals surface area contributed by atoms with E-state index in [4.69, 9.17) is 4.94 Å². The Morgan fingerprint density at radius 1 is 0.824 bits per heavy atom. The van der Waals surface area contributed by atoms with Crippen LogP contribution in [0.5, 0.6) is 0 Å². The van der Waals surface area contributed by atoms with E-state index in [1.165, 1.54) is 12.8 Å². The van der Waals surface area contributed by atoms with Crippen LogP contribution < -0.4 is 0 Å². The van der Waals surface area contributed by atoms with Crippen LogP contribution in [0, 0.1) is 11.8 Å². The highest BCUT2D eigenvalue weighted by atomic mass is 16.8. The second-order valence-electron chi connectivity index (χ2n) is 6.97. The molecule has 2 rings (SSSR count). The molecule has 0 spiro atoms. The molecule has 0 amide bonds. The molecule has 0 radical (unpaired) electrons. The number of hydroxylamine groups is 4. The fraction of sp³-hybridized carbons (Fsp3) is 1.00. The van der Waals surface area contributed by atoms with Gasteiger partial charge in [-0.2, -0.15) is 10.1 Å². The van der Waals surface area contributed by atoms with Crippen molar-refractivity contribution in [3.8, 4) is 0 Å². The summed E-state index contributed by atoms with van der Waals surface area (Å²) < 4.78 is 0. The standard InChI is InChI=1S/C14H28N2O/c1-11-7-9-15(13(11,3)4)17-16-10-8-12(2)14(16,5)6/h11-12H,7-10H2,1-6H3. The highest BCUT2D eigenvalue weighted by Crippen LogP contribution is 2.39. The lowest BCUT2D eigenvalue weighted by atomic mass is 9.91. The predicted molar refractivity (Wildman–Crippen MR) is 70.2 cm³/mol. The smallest absolute Gasteiger partial charge is 0.0451 e. The number of hydrogen-bond acceptors (Lipinski definition) is 3. The van der Waals surface area contributed by atoms with Crippen molar-refractivity contribution in [1.82, 2.24) is 10.1 Å². The van der Waals surface area contributed by atoms with Gasteiger partial charge in [-0.25, -0.2) is 4.94 Å². The van der Waals surface area contributed by atoms with Gasteiger partial charge < -0.3 is 0 Å². The number of hydrogen-bond donors (Lipinski definition) is 0. The van der Waals surface area contributed by atoms with Crippen molar-refractivity contribution < 1.29 is 4.94 Å². The first-order valence-electron chi connectivity index (χ1n) is 6.99. The number of rotatable bonds is 2. The molecule has 0 aliphatic carbocycles. The molecule has 2 unspecified atom stereocenters. The summed E-state index contributed by atoms with van der Waals surface area (Å²) in [6.07, 6.45) is 2.47. The molecular formula is C14H28N2O. The summed E-state index contributed by atoms with van der Waals surface area (Å²) in [5, 5.41) is 4.38. The Morgan fingerprint density at radius 3 is 1.41 bits per heavy atom.